The fourth-order valence-electron chi connectivity index (χ4n) is 3.20. The summed E-state index contributed by atoms with van der Waals surface area (Å²) in [5, 5.41) is 6.61. The average molecular weight is 463 g/mol. The van der Waals surface area contributed by atoms with Gasteiger partial charge >= 0.3 is 0 Å². The normalized spacial score (nSPS) is 11.2. The van der Waals surface area contributed by atoms with E-state index in [9.17, 15) is 4.79 Å². The van der Waals surface area contributed by atoms with Crippen LogP contribution in [0.5, 0.6) is 5.75 Å². The van der Waals surface area contributed by atoms with Crippen molar-refractivity contribution in [2.45, 2.75) is 26.0 Å². The van der Waals surface area contributed by atoms with E-state index in [1.807, 2.05) is 36.4 Å². The smallest absolute Gasteiger partial charge is 0.263 e. The molecule has 0 atom stereocenters. The highest BCUT2D eigenvalue weighted by Gasteiger charge is 2.29. The second kappa shape index (κ2) is 9.55. The number of halogens is 1. The van der Waals surface area contributed by atoms with E-state index in [0.29, 0.717) is 17.3 Å². The number of nitrogens with one attached hydrogen (secondary N) is 1. The fraction of sp³-hybridized carbons (Fsp3) is 0.154. The van der Waals surface area contributed by atoms with E-state index in [-0.39, 0.29) is 5.91 Å². The Bertz CT molecular complexity index is 1200. The second-order valence-electron chi connectivity index (χ2n) is 7.85. The molecule has 0 unspecified atom stereocenters. The van der Waals surface area contributed by atoms with Gasteiger partial charge in [0.05, 0.1) is 5.69 Å². The Balaban J connectivity index is 1.41. The van der Waals surface area contributed by atoms with E-state index < -0.39 is 5.60 Å². The maximum Gasteiger partial charge on any atom is 0.263 e. The van der Waals surface area contributed by atoms with Crippen LogP contribution in [0, 0.1) is 0 Å². The lowest BCUT2D eigenvalue weighted by atomic mass is 10.1. The fourth-order valence-corrected chi connectivity index (χ4v) is 4.15. The molecule has 0 fully saturated rings. The first-order valence-corrected chi connectivity index (χ1v) is 11.5. The molecule has 1 N–H and O–H groups in total. The summed E-state index contributed by atoms with van der Waals surface area (Å²) in [7, 11) is 0. The third kappa shape index (κ3) is 5.36. The van der Waals surface area contributed by atoms with Crippen LogP contribution in [0.1, 0.15) is 19.4 Å². The van der Waals surface area contributed by atoms with Crippen LogP contribution in [0.2, 0.25) is 5.02 Å². The second-order valence-corrected chi connectivity index (χ2v) is 9.15. The van der Waals surface area contributed by atoms with Crippen molar-refractivity contribution in [3.8, 4) is 27.6 Å². The molecule has 0 spiro atoms. The van der Waals surface area contributed by atoms with Crippen LogP contribution in [0.4, 0.5) is 0 Å². The number of thiazole rings is 1. The Morgan fingerprint density at radius 1 is 1.00 bits per heavy atom. The van der Waals surface area contributed by atoms with Crippen molar-refractivity contribution in [2.24, 2.45) is 0 Å². The maximum atomic E-state index is 12.8. The Morgan fingerprint density at radius 2 is 1.72 bits per heavy atom. The zero-order valence-electron chi connectivity index (χ0n) is 17.8. The third-order valence-electron chi connectivity index (χ3n) is 4.93. The van der Waals surface area contributed by atoms with Crippen molar-refractivity contribution in [3.63, 3.8) is 0 Å². The van der Waals surface area contributed by atoms with E-state index in [2.05, 4.69) is 28.9 Å². The van der Waals surface area contributed by atoms with Crippen LogP contribution in [0.15, 0.2) is 84.2 Å². The molecule has 4 nitrogen and oxygen atoms in total. The average Bonchev–Trinajstić information content (AvgIpc) is 3.30. The zero-order chi connectivity index (χ0) is 22.6. The van der Waals surface area contributed by atoms with E-state index in [1.165, 1.54) is 0 Å². The molecule has 0 saturated carbocycles. The Morgan fingerprint density at radius 3 is 2.47 bits per heavy atom. The van der Waals surface area contributed by atoms with Gasteiger partial charge in [0.1, 0.15) is 10.8 Å². The van der Waals surface area contributed by atoms with Crippen molar-refractivity contribution < 1.29 is 9.53 Å². The summed E-state index contributed by atoms with van der Waals surface area (Å²) in [6, 6.07) is 25.2. The van der Waals surface area contributed by atoms with Gasteiger partial charge < -0.3 is 10.1 Å². The van der Waals surface area contributed by atoms with Crippen molar-refractivity contribution in [1.29, 1.82) is 0 Å². The summed E-state index contributed by atoms with van der Waals surface area (Å²) in [5.74, 6) is 0.396. The number of carbonyl (C=O) groups excluding carboxylic acids is 1. The molecule has 4 rings (SSSR count). The molecule has 3 aromatic carbocycles. The highest BCUT2D eigenvalue weighted by molar-refractivity contribution is 7.13. The van der Waals surface area contributed by atoms with Crippen LogP contribution >= 0.6 is 22.9 Å². The van der Waals surface area contributed by atoms with Gasteiger partial charge in [-0.15, -0.1) is 11.3 Å². The quantitative estimate of drug-likeness (QED) is 0.336. The third-order valence-corrected chi connectivity index (χ3v) is 6.08. The lowest BCUT2D eigenvalue weighted by Crippen LogP contribution is -2.46. The molecule has 6 heteroatoms. The number of hydrogen-bond acceptors (Lipinski definition) is 4. The number of carbonyl (C=O) groups is 1. The molecule has 32 heavy (non-hydrogen) atoms. The Labute approximate surface area is 196 Å². The molecule has 0 radical (unpaired) electrons. The number of nitrogens with zero attached hydrogens (tertiary/aromatic N) is 1. The summed E-state index contributed by atoms with van der Waals surface area (Å²) < 4.78 is 5.87. The van der Waals surface area contributed by atoms with Crippen LogP contribution in [0.3, 0.4) is 0 Å². The van der Waals surface area contributed by atoms with Crippen molar-refractivity contribution in [3.05, 3.63) is 94.8 Å². The van der Waals surface area contributed by atoms with Gasteiger partial charge in [0, 0.05) is 28.1 Å². The van der Waals surface area contributed by atoms with Gasteiger partial charge in [-0.1, -0.05) is 60.1 Å². The van der Waals surface area contributed by atoms with E-state index in [1.54, 1.807) is 49.4 Å². The lowest BCUT2D eigenvalue weighted by molar-refractivity contribution is -0.134. The molecule has 1 amide bonds. The SMILES string of the molecule is CC(C)(Oc1ccc(Cl)cc1)C(=O)NCc1cccc(-c2nc(-c3ccccc3)cs2)c1. The van der Waals surface area contributed by atoms with Gasteiger partial charge in [0.2, 0.25) is 0 Å². The summed E-state index contributed by atoms with van der Waals surface area (Å²) in [5.41, 5.74) is 3.06. The molecule has 1 heterocycles. The highest BCUT2D eigenvalue weighted by atomic mass is 35.5. The molecule has 0 aliphatic carbocycles. The number of aromatic nitrogens is 1. The number of rotatable bonds is 7. The summed E-state index contributed by atoms with van der Waals surface area (Å²) in [4.78, 5) is 17.5. The van der Waals surface area contributed by atoms with Crippen LogP contribution in [-0.2, 0) is 11.3 Å². The van der Waals surface area contributed by atoms with Crippen molar-refractivity contribution in [2.75, 3.05) is 0 Å². The van der Waals surface area contributed by atoms with Gasteiger partial charge in [-0.25, -0.2) is 4.98 Å². The van der Waals surface area contributed by atoms with Crippen LogP contribution in [-0.4, -0.2) is 16.5 Å². The zero-order valence-corrected chi connectivity index (χ0v) is 19.4. The summed E-state index contributed by atoms with van der Waals surface area (Å²) >= 11 is 7.52. The molecule has 0 aliphatic rings. The van der Waals surface area contributed by atoms with E-state index in [4.69, 9.17) is 21.3 Å². The number of benzene rings is 3. The van der Waals surface area contributed by atoms with Gasteiger partial charge in [0.25, 0.3) is 5.91 Å². The largest absolute Gasteiger partial charge is 0.478 e. The molecule has 1 aromatic heterocycles. The minimum absolute atomic E-state index is 0.196. The van der Waals surface area contributed by atoms with Gasteiger partial charge in [0.15, 0.2) is 5.60 Å². The highest BCUT2D eigenvalue weighted by Crippen LogP contribution is 2.29. The van der Waals surface area contributed by atoms with Crippen molar-refractivity contribution in [1.82, 2.24) is 10.3 Å². The minimum Gasteiger partial charge on any atom is -0.478 e. The van der Waals surface area contributed by atoms with Gasteiger partial charge in [-0.05, 0) is 49.7 Å². The number of hydrogen-bond donors (Lipinski definition) is 1. The molecule has 0 aliphatic heterocycles. The van der Waals surface area contributed by atoms with Crippen molar-refractivity contribution >= 4 is 28.8 Å². The molecule has 0 saturated heterocycles. The van der Waals surface area contributed by atoms with E-state index >= 15 is 0 Å². The topological polar surface area (TPSA) is 51.2 Å². The standard InChI is InChI=1S/C26H23ClN2O2S/c1-26(2,31-22-13-11-21(27)12-14-22)25(30)28-16-18-7-6-10-20(15-18)24-29-23(17-32-24)19-8-4-3-5-9-19/h3-15,17H,16H2,1-2H3,(H,28,30). The predicted molar refractivity (Wildman–Crippen MR) is 131 cm³/mol. The molecule has 162 valence electrons. The van der Waals surface area contributed by atoms with Crippen LogP contribution in [0.25, 0.3) is 21.8 Å². The monoisotopic (exact) mass is 462 g/mol. The molecule has 4 aromatic rings. The Kier molecular flexibility index (Phi) is 6.58. The summed E-state index contributed by atoms with van der Waals surface area (Å²) in [6.45, 7) is 3.89. The number of amides is 1. The predicted octanol–water partition coefficient (Wildman–Crippen LogP) is 6.60. The van der Waals surface area contributed by atoms with E-state index in [0.717, 1.165) is 27.4 Å². The van der Waals surface area contributed by atoms with Gasteiger partial charge in [-0.2, -0.15) is 0 Å². The lowest BCUT2D eigenvalue weighted by Gasteiger charge is -2.25. The minimum atomic E-state index is -1.02. The first-order chi connectivity index (χ1) is 15.4. The first kappa shape index (κ1) is 22.1. The molecule has 0 bridgehead atoms. The number of ether oxygens (including phenoxy) is 1. The molecular formula is C26H23ClN2O2S. The first-order valence-electron chi connectivity index (χ1n) is 10.2. The summed E-state index contributed by atoms with van der Waals surface area (Å²) in [6.07, 6.45) is 0. The van der Waals surface area contributed by atoms with Crippen LogP contribution < -0.4 is 10.1 Å². The molecular weight excluding hydrogens is 440 g/mol. The maximum absolute atomic E-state index is 12.8. The van der Waals surface area contributed by atoms with Gasteiger partial charge in [-0.3, -0.25) is 4.79 Å². The Hall–Kier alpha value is -3.15.